The first-order valence-corrected chi connectivity index (χ1v) is 5.43. The number of nitrogens with two attached hydrogens (primary N) is 1. The molecule has 0 unspecified atom stereocenters. The van der Waals surface area contributed by atoms with Crippen LogP contribution >= 0.6 is 0 Å². The molecule has 0 aliphatic heterocycles. The maximum atomic E-state index is 10.9. The SMILES string of the molecule is COc1cc(C(=O)O)cc(CCCCN)c1O. The maximum Gasteiger partial charge on any atom is 0.335 e. The van der Waals surface area contributed by atoms with Crippen LogP contribution in [-0.2, 0) is 6.42 Å². The van der Waals surface area contributed by atoms with E-state index in [1.54, 1.807) is 0 Å². The highest BCUT2D eigenvalue weighted by atomic mass is 16.5. The van der Waals surface area contributed by atoms with Gasteiger partial charge in [0, 0.05) is 0 Å². The lowest BCUT2D eigenvalue weighted by atomic mass is 10.0. The number of methoxy groups -OCH3 is 1. The second-order valence-corrected chi connectivity index (χ2v) is 3.74. The molecule has 1 aromatic carbocycles. The number of carboxylic acid groups (broad SMARTS) is 1. The van der Waals surface area contributed by atoms with Crippen molar-refractivity contribution in [3.63, 3.8) is 0 Å². The van der Waals surface area contributed by atoms with Gasteiger partial charge >= 0.3 is 5.97 Å². The standard InChI is InChI=1S/C12H17NO4/c1-17-10-7-9(12(15)16)6-8(11(10)14)4-2-3-5-13/h6-7,14H,2-5,13H2,1H3,(H,15,16). The normalized spacial score (nSPS) is 10.2. The van der Waals surface area contributed by atoms with Crippen LogP contribution in [0.25, 0.3) is 0 Å². The Kier molecular flexibility index (Phi) is 4.78. The van der Waals surface area contributed by atoms with Crippen LogP contribution in [0.3, 0.4) is 0 Å². The van der Waals surface area contributed by atoms with Crippen molar-refractivity contribution in [3.05, 3.63) is 23.3 Å². The zero-order valence-corrected chi connectivity index (χ0v) is 9.77. The molecular formula is C12H17NO4. The summed E-state index contributed by atoms with van der Waals surface area (Å²) in [6, 6.07) is 2.78. The van der Waals surface area contributed by atoms with Gasteiger partial charge in [-0.2, -0.15) is 0 Å². The molecule has 5 heteroatoms. The van der Waals surface area contributed by atoms with Crippen molar-refractivity contribution in [2.24, 2.45) is 5.73 Å². The first-order chi connectivity index (χ1) is 8.10. The quantitative estimate of drug-likeness (QED) is 0.652. The van der Waals surface area contributed by atoms with Crippen LogP contribution in [0, 0.1) is 0 Å². The summed E-state index contributed by atoms with van der Waals surface area (Å²) >= 11 is 0. The molecule has 0 aromatic heterocycles. The molecule has 94 valence electrons. The van der Waals surface area contributed by atoms with E-state index in [1.165, 1.54) is 19.2 Å². The van der Waals surface area contributed by atoms with Crippen molar-refractivity contribution in [1.82, 2.24) is 0 Å². The Morgan fingerprint density at radius 3 is 2.65 bits per heavy atom. The van der Waals surface area contributed by atoms with Gasteiger partial charge in [-0.05, 0) is 43.5 Å². The van der Waals surface area contributed by atoms with Crippen LogP contribution in [-0.4, -0.2) is 29.8 Å². The molecule has 17 heavy (non-hydrogen) atoms. The van der Waals surface area contributed by atoms with Crippen molar-refractivity contribution in [3.8, 4) is 11.5 Å². The minimum absolute atomic E-state index is 0.00882. The molecule has 0 atom stereocenters. The Bertz CT molecular complexity index is 404. The molecule has 1 aromatic rings. The van der Waals surface area contributed by atoms with E-state index in [2.05, 4.69) is 0 Å². The largest absolute Gasteiger partial charge is 0.504 e. The Labute approximate surface area is 99.8 Å². The molecule has 0 bridgehead atoms. The molecule has 0 amide bonds. The molecular weight excluding hydrogens is 222 g/mol. The summed E-state index contributed by atoms with van der Waals surface area (Å²) < 4.78 is 4.94. The number of benzene rings is 1. The predicted octanol–water partition coefficient (Wildman–Crippen LogP) is 1.38. The number of phenols is 1. The fraction of sp³-hybridized carbons (Fsp3) is 0.417. The predicted molar refractivity (Wildman–Crippen MR) is 63.6 cm³/mol. The van der Waals surface area contributed by atoms with Gasteiger partial charge < -0.3 is 20.7 Å². The Balaban J connectivity index is 3.00. The first-order valence-electron chi connectivity index (χ1n) is 5.43. The van der Waals surface area contributed by atoms with E-state index in [-0.39, 0.29) is 17.1 Å². The molecule has 0 saturated carbocycles. The number of carboxylic acids is 1. The second-order valence-electron chi connectivity index (χ2n) is 3.74. The number of aromatic hydroxyl groups is 1. The zero-order valence-electron chi connectivity index (χ0n) is 9.77. The number of hydrogen-bond acceptors (Lipinski definition) is 4. The van der Waals surface area contributed by atoms with Gasteiger partial charge in [-0.25, -0.2) is 4.79 Å². The highest BCUT2D eigenvalue weighted by Crippen LogP contribution is 2.32. The Hall–Kier alpha value is -1.75. The summed E-state index contributed by atoms with van der Waals surface area (Å²) in [6.45, 7) is 0.580. The smallest absolute Gasteiger partial charge is 0.335 e. The van der Waals surface area contributed by atoms with E-state index < -0.39 is 5.97 Å². The number of aromatic carboxylic acids is 1. The van der Waals surface area contributed by atoms with Gasteiger partial charge in [-0.1, -0.05) is 0 Å². The monoisotopic (exact) mass is 239 g/mol. The number of unbranched alkanes of at least 4 members (excludes halogenated alkanes) is 1. The van der Waals surface area contributed by atoms with Crippen molar-refractivity contribution in [2.45, 2.75) is 19.3 Å². The van der Waals surface area contributed by atoms with Crippen LogP contribution in [0.1, 0.15) is 28.8 Å². The summed E-state index contributed by atoms with van der Waals surface area (Å²) in [5, 5.41) is 18.8. The van der Waals surface area contributed by atoms with Gasteiger partial charge in [-0.15, -0.1) is 0 Å². The molecule has 0 spiro atoms. The van der Waals surface area contributed by atoms with Gasteiger partial charge in [0.1, 0.15) is 0 Å². The first kappa shape index (κ1) is 13.3. The Morgan fingerprint density at radius 1 is 1.41 bits per heavy atom. The fourth-order valence-corrected chi connectivity index (χ4v) is 1.60. The summed E-state index contributed by atoms with van der Waals surface area (Å²) in [5.74, 6) is -0.842. The molecule has 0 fully saturated rings. The minimum Gasteiger partial charge on any atom is -0.504 e. The lowest BCUT2D eigenvalue weighted by Gasteiger charge is -2.10. The van der Waals surface area contributed by atoms with Crippen molar-refractivity contribution >= 4 is 5.97 Å². The van der Waals surface area contributed by atoms with Gasteiger partial charge in [0.2, 0.25) is 0 Å². The van der Waals surface area contributed by atoms with E-state index in [1.807, 2.05) is 0 Å². The number of carbonyl (C=O) groups is 1. The van der Waals surface area contributed by atoms with Gasteiger partial charge in [0.15, 0.2) is 11.5 Å². The summed E-state index contributed by atoms with van der Waals surface area (Å²) in [4.78, 5) is 10.9. The van der Waals surface area contributed by atoms with Crippen molar-refractivity contribution in [1.29, 1.82) is 0 Å². The molecule has 1 rings (SSSR count). The molecule has 0 heterocycles. The maximum absolute atomic E-state index is 10.9. The second kappa shape index (κ2) is 6.10. The van der Waals surface area contributed by atoms with Gasteiger partial charge in [-0.3, -0.25) is 0 Å². The molecule has 5 nitrogen and oxygen atoms in total. The summed E-state index contributed by atoms with van der Waals surface area (Å²) in [6.07, 6.45) is 2.22. The number of rotatable bonds is 6. The van der Waals surface area contributed by atoms with E-state index in [4.69, 9.17) is 15.6 Å². The van der Waals surface area contributed by atoms with E-state index in [9.17, 15) is 9.90 Å². The molecule has 0 aliphatic carbocycles. The van der Waals surface area contributed by atoms with Crippen LogP contribution < -0.4 is 10.5 Å². The van der Waals surface area contributed by atoms with E-state index >= 15 is 0 Å². The number of aryl methyl sites for hydroxylation is 1. The number of hydrogen-bond donors (Lipinski definition) is 3. The molecule has 0 saturated heterocycles. The van der Waals surface area contributed by atoms with E-state index in [0.29, 0.717) is 18.5 Å². The van der Waals surface area contributed by atoms with Crippen LogP contribution in [0.5, 0.6) is 11.5 Å². The lowest BCUT2D eigenvalue weighted by molar-refractivity contribution is 0.0696. The average Bonchev–Trinajstić information content (AvgIpc) is 2.31. The minimum atomic E-state index is -1.04. The molecule has 0 radical (unpaired) electrons. The number of ether oxygens (including phenoxy) is 1. The highest BCUT2D eigenvalue weighted by molar-refractivity contribution is 5.89. The topological polar surface area (TPSA) is 92.8 Å². The van der Waals surface area contributed by atoms with Crippen molar-refractivity contribution in [2.75, 3.05) is 13.7 Å². The lowest BCUT2D eigenvalue weighted by Crippen LogP contribution is -2.02. The average molecular weight is 239 g/mol. The van der Waals surface area contributed by atoms with Crippen LogP contribution in [0.15, 0.2) is 12.1 Å². The van der Waals surface area contributed by atoms with Gasteiger partial charge in [0.05, 0.1) is 12.7 Å². The molecule has 4 N–H and O–H groups in total. The zero-order chi connectivity index (χ0) is 12.8. The third-order valence-electron chi connectivity index (χ3n) is 2.52. The summed E-state index contributed by atoms with van der Waals surface area (Å²) in [5.41, 5.74) is 6.08. The molecule has 0 aliphatic rings. The van der Waals surface area contributed by atoms with E-state index in [0.717, 1.165) is 12.8 Å². The fourth-order valence-electron chi connectivity index (χ4n) is 1.60. The summed E-state index contributed by atoms with van der Waals surface area (Å²) in [7, 11) is 1.39. The van der Waals surface area contributed by atoms with Crippen LogP contribution in [0.4, 0.5) is 0 Å². The Morgan fingerprint density at radius 2 is 2.12 bits per heavy atom. The van der Waals surface area contributed by atoms with Crippen molar-refractivity contribution < 1.29 is 19.7 Å². The number of phenolic OH excluding ortho intramolecular Hbond substituents is 1. The van der Waals surface area contributed by atoms with Gasteiger partial charge in [0.25, 0.3) is 0 Å². The third kappa shape index (κ3) is 3.35. The highest BCUT2D eigenvalue weighted by Gasteiger charge is 2.13. The third-order valence-corrected chi connectivity index (χ3v) is 2.52. The van der Waals surface area contributed by atoms with Crippen LogP contribution in [0.2, 0.25) is 0 Å².